The first-order chi connectivity index (χ1) is 12.4. The number of rotatable bonds is 3. The number of dihydropyridines is 1. The van der Waals surface area contributed by atoms with Crippen LogP contribution in [0.2, 0.25) is 0 Å². The average molecular weight is 370 g/mol. The molecular formula is C19H22N4O2S. The van der Waals surface area contributed by atoms with Crippen LogP contribution in [0.3, 0.4) is 0 Å². The molecule has 1 aromatic carbocycles. The highest BCUT2D eigenvalue weighted by Gasteiger charge is 2.52. The maximum absolute atomic E-state index is 13.5. The SMILES string of the molecule is CN1CC=C(C2=CNC3(S(=O)(=O)c4ccc(N)cc4)NC=CC=C23)CC1. The predicted molar refractivity (Wildman–Crippen MR) is 103 cm³/mol. The van der Waals surface area contributed by atoms with E-state index in [1.165, 1.54) is 5.57 Å². The van der Waals surface area contributed by atoms with Gasteiger partial charge in [-0.3, -0.25) is 0 Å². The molecule has 4 rings (SSSR count). The first-order valence-corrected chi connectivity index (χ1v) is 10.0. The minimum absolute atomic E-state index is 0.222. The van der Waals surface area contributed by atoms with E-state index in [1.54, 1.807) is 30.5 Å². The van der Waals surface area contributed by atoms with Gasteiger partial charge in [-0.05, 0) is 55.6 Å². The van der Waals surface area contributed by atoms with Crippen LogP contribution in [-0.2, 0) is 9.84 Å². The Balaban J connectivity index is 1.76. The van der Waals surface area contributed by atoms with Gasteiger partial charge in [0.25, 0.3) is 0 Å². The molecule has 0 saturated carbocycles. The van der Waals surface area contributed by atoms with E-state index >= 15 is 0 Å². The highest BCUT2D eigenvalue weighted by Crippen LogP contribution is 2.41. The largest absolute Gasteiger partial charge is 0.399 e. The van der Waals surface area contributed by atoms with Gasteiger partial charge in [-0.2, -0.15) is 0 Å². The van der Waals surface area contributed by atoms with E-state index in [1.807, 2.05) is 18.4 Å². The maximum Gasteiger partial charge on any atom is 0.244 e. The normalized spacial score (nSPS) is 25.5. The van der Waals surface area contributed by atoms with E-state index in [-0.39, 0.29) is 4.90 Å². The molecule has 7 heteroatoms. The summed E-state index contributed by atoms with van der Waals surface area (Å²) in [6.07, 6.45) is 10.2. The first-order valence-electron chi connectivity index (χ1n) is 8.55. The molecule has 4 N–H and O–H groups in total. The number of fused-ring (bicyclic) bond motifs is 1. The van der Waals surface area contributed by atoms with Crippen LogP contribution in [0.25, 0.3) is 0 Å². The lowest BCUT2D eigenvalue weighted by Crippen LogP contribution is -2.58. The van der Waals surface area contributed by atoms with Crippen molar-refractivity contribution in [3.63, 3.8) is 0 Å². The van der Waals surface area contributed by atoms with Crippen molar-refractivity contribution in [2.75, 3.05) is 25.9 Å². The van der Waals surface area contributed by atoms with Crippen molar-refractivity contribution in [3.05, 3.63) is 71.6 Å². The number of nitrogens with zero attached hydrogens (tertiary/aromatic N) is 1. The third-order valence-electron chi connectivity index (χ3n) is 5.09. The summed E-state index contributed by atoms with van der Waals surface area (Å²) >= 11 is 0. The van der Waals surface area contributed by atoms with Crippen LogP contribution in [0.5, 0.6) is 0 Å². The molecule has 0 spiro atoms. The molecule has 26 heavy (non-hydrogen) atoms. The van der Waals surface area contributed by atoms with Crippen molar-refractivity contribution in [1.29, 1.82) is 0 Å². The van der Waals surface area contributed by atoms with Crippen LogP contribution in [0.15, 0.2) is 76.5 Å². The smallest absolute Gasteiger partial charge is 0.244 e. The number of allylic oxidation sites excluding steroid dienone is 2. The van der Waals surface area contributed by atoms with E-state index in [0.717, 1.165) is 30.7 Å². The lowest BCUT2D eigenvalue weighted by Gasteiger charge is -2.34. The Morgan fingerprint density at radius 2 is 1.96 bits per heavy atom. The van der Waals surface area contributed by atoms with Gasteiger partial charge < -0.3 is 21.3 Å². The van der Waals surface area contributed by atoms with E-state index in [4.69, 9.17) is 5.73 Å². The van der Waals surface area contributed by atoms with Crippen LogP contribution < -0.4 is 16.4 Å². The molecule has 3 aliphatic heterocycles. The molecule has 1 atom stereocenters. The monoisotopic (exact) mass is 370 g/mol. The fraction of sp³-hybridized carbons (Fsp3) is 0.263. The number of nitrogens with two attached hydrogens (primary N) is 1. The van der Waals surface area contributed by atoms with Crippen molar-refractivity contribution in [3.8, 4) is 0 Å². The zero-order valence-electron chi connectivity index (χ0n) is 14.6. The average Bonchev–Trinajstić information content (AvgIpc) is 3.04. The molecule has 0 bridgehead atoms. The minimum atomic E-state index is -3.75. The summed E-state index contributed by atoms with van der Waals surface area (Å²) < 4.78 is 27.0. The quantitative estimate of drug-likeness (QED) is 0.699. The Bertz CT molecular complexity index is 958. The topological polar surface area (TPSA) is 87.5 Å². The Morgan fingerprint density at radius 1 is 1.19 bits per heavy atom. The summed E-state index contributed by atoms with van der Waals surface area (Å²) in [5, 5.41) is 6.17. The fourth-order valence-corrected chi connectivity index (χ4v) is 5.31. The molecule has 0 radical (unpaired) electrons. The second-order valence-corrected chi connectivity index (χ2v) is 8.87. The number of nitrogens with one attached hydrogen (secondary N) is 2. The summed E-state index contributed by atoms with van der Waals surface area (Å²) in [6.45, 7) is 1.82. The molecule has 0 aliphatic carbocycles. The molecule has 6 nitrogen and oxygen atoms in total. The molecule has 3 aliphatic rings. The summed E-state index contributed by atoms with van der Waals surface area (Å²) in [5.41, 5.74) is 9.10. The number of hydrogen-bond acceptors (Lipinski definition) is 6. The minimum Gasteiger partial charge on any atom is -0.399 e. The fourth-order valence-electron chi connectivity index (χ4n) is 3.56. The van der Waals surface area contributed by atoms with Gasteiger partial charge in [0.05, 0.1) is 4.90 Å². The van der Waals surface area contributed by atoms with Crippen molar-refractivity contribution >= 4 is 15.5 Å². The number of sulfone groups is 1. The second kappa shape index (κ2) is 6.03. The van der Waals surface area contributed by atoms with Crippen LogP contribution >= 0.6 is 0 Å². The van der Waals surface area contributed by atoms with Gasteiger partial charge in [-0.1, -0.05) is 12.2 Å². The van der Waals surface area contributed by atoms with Crippen molar-refractivity contribution < 1.29 is 8.42 Å². The van der Waals surface area contributed by atoms with E-state index in [2.05, 4.69) is 28.7 Å². The highest BCUT2D eigenvalue weighted by molar-refractivity contribution is 7.93. The Hall–Kier alpha value is -2.51. The number of benzene rings is 1. The first kappa shape index (κ1) is 16.9. The van der Waals surface area contributed by atoms with Gasteiger partial charge in [0.15, 0.2) is 0 Å². The molecule has 1 aromatic rings. The lowest BCUT2D eigenvalue weighted by atomic mass is 9.93. The summed E-state index contributed by atoms with van der Waals surface area (Å²) in [4.78, 5) is 1.06. The molecule has 0 aromatic heterocycles. The van der Waals surface area contributed by atoms with Gasteiger partial charge in [0.1, 0.15) is 0 Å². The number of anilines is 1. The second-order valence-electron chi connectivity index (χ2n) is 6.78. The highest BCUT2D eigenvalue weighted by atomic mass is 32.2. The number of hydrogen-bond donors (Lipinski definition) is 3. The van der Waals surface area contributed by atoms with E-state index < -0.39 is 14.8 Å². The van der Waals surface area contributed by atoms with Crippen LogP contribution in [-0.4, -0.2) is 38.4 Å². The third-order valence-corrected chi connectivity index (χ3v) is 7.24. The van der Waals surface area contributed by atoms with Gasteiger partial charge in [0.2, 0.25) is 14.8 Å². The van der Waals surface area contributed by atoms with Crippen LogP contribution in [0.1, 0.15) is 6.42 Å². The standard InChI is InChI=1S/C19H22N4O2S/c1-23-11-8-14(9-12-23)17-13-22-19(18(17)3-2-10-21-19)26(24,25)16-6-4-15(20)5-7-16/h2-8,10,13,21-22H,9,11-12,20H2,1H3. The van der Waals surface area contributed by atoms with E-state index in [9.17, 15) is 8.42 Å². The Labute approximate surface area is 153 Å². The predicted octanol–water partition coefficient (Wildman–Crippen LogP) is 1.49. The number of likely N-dealkylation sites (N-methyl/N-ethyl adjacent to an activating group) is 1. The molecule has 0 saturated heterocycles. The summed E-state index contributed by atoms with van der Waals surface area (Å²) in [6, 6.07) is 6.31. The zero-order valence-corrected chi connectivity index (χ0v) is 15.4. The maximum atomic E-state index is 13.5. The molecule has 0 amide bonds. The van der Waals surface area contributed by atoms with E-state index in [0.29, 0.717) is 5.69 Å². The van der Waals surface area contributed by atoms with Crippen molar-refractivity contribution in [2.24, 2.45) is 0 Å². The van der Waals surface area contributed by atoms with Gasteiger partial charge in [-0.15, -0.1) is 0 Å². The van der Waals surface area contributed by atoms with Crippen molar-refractivity contribution in [2.45, 2.75) is 16.3 Å². The third kappa shape index (κ3) is 2.47. The van der Waals surface area contributed by atoms with Crippen molar-refractivity contribution in [1.82, 2.24) is 15.5 Å². The Kier molecular flexibility index (Phi) is 3.93. The number of nitrogen functional groups attached to an aromatic ring is 1. The molecule has 0 fully saturated rings. The van der Waals surface area contributed by atoms with Gasteiger partial charge in [-0.25, -0.2) is 8.42 Å². The summed E-state index contributed by atoms with van der Waals surface area (Å²) in [5.74, 6) is 0. The van der Waals surface area contributed by atoms with Gasteiger partial charge in [0, 0.05) is 36.1 Å². The molecular weight excluding hydrogens is 348 g/mol. The Morgan fingerprint density at radius 3 is 2.65 bits per heavy atom. The van der Waals surface area contributed by atoms with Crippen LogP contribution in [0.4, 0.5) is 5.69 Å². The molecule has 136 valence electrons. The van der Waals surface area contributed by atoms with Gasteiger partial charge >= 0.3 is 0 Å². The van der Waals surface area contributed by atoms with Crippen LogP contribution in [0, 0.1) is 0 Å². The molecule has 3 heterocycles. The zero-order chi connectivity index (χ0) is 18.4. The molecule has 1 unspecified atom stereocenters. The summed E-state index contributed by atoms with van der Waals surface area (Å²) in [7, 11) is -1.67. The lowest BCUT2D eigenvalue weighted by molar-refractivity contribution is 0.360.